The van der Waals surface area contributed by atoms with E-state index < -0.39 is 11.6 Å². The molecule has 0 radical (unpaired) electrons. The lowest BCUT2D eigenvalue weighted by molar-refractivity contribution is -0.129. The zero-order valence-electron chi connectivity index (χ0n) is 26.3. The number of carbonyl (C=O) groups is 1. The van der Waals surface area contributed by atoms with E-state index in [9.17, 15) is 4.79 Å². The van der Waals surface area contributed by atoms with E-state index in [1.165, 1.54) is 0 Å². The average Bonchev–Trinajstić information content (AvgIpc) is 3.51. The Bertz CT molecular complexity index is 1740. The maximum Gasteiger partial charge on any atom is 0.252 e. The van der Waals surface area contributed by atoms with Gasteiger partial charge in [0.2, 0.25) is 5.90 Å². The van der Waals surface area contributed by atoms with Crippen molar-refractivity contribution in [2.75, 3.05) is 27.4 Å². The van der Waals surface area contributed by atoms with Crippen molar-refractivity contribution in [3.05, 3.63) is 135 Å². The fraction of sp³-hybridized carbons (Fsp3) is 0.278. The van der Waals surface area contributed by atoms with Crippen LogP contribution in [0.15, 0.2) is 107 Å². The number of rotatable bonds is 15. The first-order chi connectivity index (χ1) is 23.0. The highest BCUT2D eigenvalue weighted by atomic mass is 16.5. The lowest BCUT2D eigenvalue weighted by Gasteiger charge is -2.31. The summed E-state index contributed by atoms with van der Waals surface area (Å²) in [5, 5.41) is 16.0. The van der Waals surface area contributed by atoms with Gasteiger partial charge in [0.1, 0.15) is 5.75 Å². The molecule has 1 aliphatic heterocycles. The van der Waals surface area contributed by atoms with Crippen molar-refractivity contribution in [3.8, 4) is 17.2 Å². The Hall–Kier alpha value is -5.51. The standard InChI is InChI=1S/C36H37N5O6/c1-44-31-18-13-25(21-32(31)45-2)23-38-35(43)36(22-28-11-6-7-12-29(28)24-39-41-37)33(26-9-4-3-5-10-26)47-34(40-36)27-14-16-30(17-15-27)46-20-8-19-42/h3-7,9-18,21,33,42H,8,19-20,22-24H2,1-2H3,(H,38,43)/t33-,36-/m1/s1. The van der Waals surface area contributed by atoms with Crippen LogP contribution in [0.25, 0.3) is 10.4 Å². The number of ether oxygens (including phenoxy) is 4. The van der Waals surface area contributed by atoms with Crippen molar-refractivity contribution in [1.82, 2.24) is 5.32 Å². The van der Waals surface area contributed by atoms with Gasteiger partial charge in [-0.25, -0.2) is 4.99 Å². The normalized spacial score (nSPS) is 16.7. The van der Waals surface area contributed by atoms with Crippen molar-refractivity contribution < 1.29 is 28.8 Å². The second kappa shape index (κ2) is 15.7. The Labute approximate surface area is 273 Å². The molecule has 4 aromatic carbocycles. The number of carbonyl (C=O) groups excluding carboxylic acids is 1. The first kappa shape index (κ1) is 32.9. The van der Waals surface area contributed by atoms with E-state index in [0.29, 0.717) is 41.7 Å². The Morgan fingerprint density at radius 1 is 0.979 bits per heavy atom. The van der Waals surface area contributed by atoms with Gasteiger partial charge >= 0.3 is 0 Å². The van der Waals surface area contributed by atoms with Crippen LogP contribution in [0.5, 0.6) is 17.2 Å². The van der Waals surface area contributed by atoms with E-state index in [4.69, 9.17) is 34.6 Å². The summed E-state index contributed by atoms with van der Waals surface area (Å²) in [5.41, 5.74) is 11.5. The van der Waals surface area contributed by atoms with Gasteiger partial charge in [-0.3, -0.25) is 4.79 Å². The molecule has 0 aliphatic carbocycles. The molecular weight excluding hydrogens is 598 g/mol. The van der Waals surface area contributed by atoms with Gasteiger partial charge in [-0.15, -0.1) is 0 Å². The highest BCUT2D eigenvalue weighted by molar-refractivity contribution is 6.01. The zero-order valence-corrected chi connectivity index (χ0v) is 26.3. The number of nitrogens with one attached hydrogen (secondary N) is 1. The Morgan fingerprint density at radius 2 is 1.70 bits per heavy atom. The number of benzene rings is 4. The maximum absolute atomic E-state index is 14.6. The molecule has 1 heterocycles. The number of azide groups is 1. The van der Waals surface area contributed by atoms with Gasteiger partial charge < -0.3 is 29.4 Å². The molecule has 1 amide bonds. The molecule has 2 atom stereocenters. The van der Waals surface area contributed by atoms with Crippen molar-refractivity contribution in [2.45, 2.75) is 37.6 Å². The summed E-state index contributed by atoms with van der Waals surface area (Å²) in [6.45, 7) is 0.766. The van der Waals surface area contributed by atoms with Gasteiger partial charge in [-0.05, 0) is 64.2 Å². The van der Waals surface area contributed by atoms with E-state index in [1.54, 1.807) is 20.3 Å². The molecule has 5 rings (SSSR count). The Kier molecular flexibility index (Phi) is 11.0. The molecule has 47 heavy (non-hydrogen) atoms. The van der Waals surface area contributed by atoms with E-state index in [2.05, 4.69) is 15.3 Å². The zero-order chi connectivity index (χ0) is 33.1. The van der Waals surface area contributed by atoms with Crippen LogP contribution in [-0.4, -0.2) is 49.9 Å². The van der Waals surface area contributed by atoms with Gasteiger partial charge in [-0.1, -0.05) is 65.8 Å². The minimum absolute atomic E-state index is 0.0474. The molecule has 0 saturated heterocycles. The summed E-state index contributed by atoms with van der Waals surface area (Å²) in [5.74, 6) is 1.76. The highest BCUT2D eigenvalue weighted by Crippen LogP contribution is 2.43. The number of methoxy groups -OCH3 is 2. The number of hydrogen-bond donors (Lipinski definition) is 2. The summed E-state index contributed by atoms with van der Waals surface area (Å²) in [6, 6.07) is 29.9. The monoisotopic (exact) mass is 635 g/mol. The van der Waals surface area contributed by atoms with Crippen LogP contribution in [0.3, 0.4) is 0 Å². The lowest BCUT2D eigenvalue weighted by Crippen LogP contribution is -2.49. The van der Waals surface area contributed by atoms with Crippen LogP contribution >= 0.6 is 0 Å². The van der Waals surface area contributed by atoms with Gasteiger partial charge in [0.25, 0.3) is 5.91 Å². The maximum atomic E-state index is 14.6. The molecule has 0 fully saturated rings. The molecule has 1 aliphatic rings. The third-order valence-corrected chi connectivity index (χ3v) is 7.92. The van der Waals surface area contributed by atoms with Crippen LogP contribution in [0, 0.1) is 0 Å². The van der Waals surface area contributed by atoms with Crippen molar-refractivity contribution >= 4 is 11.8 Å². The fourth-order valence-electron chi connectivity index (χ4n) is 5.52. The minimum atomic E-state index is -1.43. The molecule has 0 unspecified atom stereocenters. The molecule has 4 aromatic rings. The predicted molar refractivity (Wildman–Crippen MR) is 178 cm³/mol. The Balaban J connectivity index is 1.57. The second-order valence-electron chi connectivity index (χ2n) is 10.9. The van der Waals surface area contributed by atoms with Crippen molar-refractivity contribution in [2.24, 2.45) is 10.1 Å². The van der Waals surface area contributed by atoms with E-state index >= 15 is 0 Å². The minimum Gasteiger partial charge on any atom is -0.494 e. The summed E-state index contributed by atoms with van der Waals surface area (Å²) in [7, 11) is 3.13. The number of hydrogen-bond acceptors (Lipinski definition) is 8. The van der Waals surface area contributed by atoms with Gasteiger partial charge in [0.05, 0.1) is 27.4 Å². The van der Waals surface area contributed by atoms with Gasteiger partial charge in [0, 0.05) is 36.5 Å². The summed E-state index contributed by atoms with van der Waals surface area (Å²) in [6.07, 6.45) is -0.0803. The SMILES string of the molecule is COc1ccc(CNC(=O)[C@]2(Cc3ccccc3CN=[N+]=[N-])N=C(c3ccc(OCCCO)cc3)O[C@@H]2c2ccccc2)cc1OC. The predicted octanol–water partition coefficient (Wildman–Crippen LogP) is 6.09. The van der Waals surface area contributed by atoms with E-state index in [-0.39, 0.29) is 32.0 Å². The number of aliphatic imine (C=N–C) groups is 1. The van der Waals surface area contributed by atoms with Crippen LogP contribution in [0.2, 0.25) is 0 Å². The Morgan fingerprint density at radius 3 is 2.40 bits per heavy atom. The molecule has 242 valence electrons. The van der Waals surface area contributed by atoms with Gasteiger partial charge in [0.15, 0.2) is 23.1 Å². The summed E-state index contributed by atoms with van der Waals surface area (Å²) in [4.78, 5) is 22.7. The smallest absolute Gasteiger partial charge is 0.252 e. The quantitative estimate of drug-likeness (QED) is 0.0699. The van der Waals surface area contributed by atoms with Crippen molar-refractivity contribution in [3.63, 3.8) is 0 Å². The number of amides is 1. The molecule has 0 spiro atoms. The molecular formula is C36H37N5O6. The molecule has 11 heteroatoms. The van der Waals surface area contributed by atoms with E-state index in [1.807, 2.05) is 91.0 Å². The first-order valence-corrected chi connectivity index (χ1v) is 15.2. The molecule has 0 aromatic heterocycles. The summed E-state index contributed by atoms with van der Waals surface area (Å²) >= 11 is 0. The largest absolute Gasteiger partial charge is 0.494 e. The molecule has 11 nitrogen and oxygen atoms in total. The van der Waals surface area contributed by atoms with Crippen LogP contribution in [0.1, 0.15) is 40.3 Å². The first-order valence-electron chi connectivity index (χ1n) is 15.2. The molecule has 0 saturated carbocycles. The lowest BCUT2D eigenvalue weighted by atomic mass is 9.81. The van der Waals surface area contributed by atoms with Crippen LogP contribution in [0.4, 0.5) is 0 Å². The molecule has 2 N–H and O–H groups in total. The number of aliphatic hydroxyl groups is 1. The van der Waals surface area contributed by atoms with Crippen molar-refractivity contribution in [1.29, 1.82) is 0 Å². The van der Waals surface area contributed by atoms with Crippen LogP contribution < -0.4 is 19.5 Å². The summed E-state index contributed by atoms with van der Waals surface area (Å²) < 4.78 is 23.2. The van der Waals surface area contributed by atoms with Crippen LogP contribution in [-0.2, 0) is 29.0 Å². The average molecular weight is 636 g/mol. The number of nitrogens with zero attached hydrogens (tertiary/aromatic N) is 4. The molecule has 0 bridgehead atoms. The number of aliphatic hydroxyl groups excluding tert-OH is 1. The van der Waals surface area contributed by atoms with Gasteiger partial charge in [-0.2, -0.15) is 0 Å². The van der Waals surface area contributed by atoms with E-state index in [0.717, 1.165) is 22.3 Å². The second-order valence-corrected chi connectivity index (χ2v) is 10.9. The topological polar surface area (TPSA) is 147 Å². The third kappa shape index (κ3) is 7.66. The fourth-order valence-corrected chi connectivity index (χ4v) is 5.52. The highest BCUT2D eigenvalue weighted by Gasteiger charge is 2.53. The third-order valence-electron chi connectivity index (χ3n) is 7.92.